The molecule has 3 nitrogen and oxygen atoms in total. The van der Waals surface area contributed by atoms with E-state index in [1.807, 2.05) is 0 Å². The van der Waals surface area contributed by atoms with Crippen LogP contribution in [0.15, 0.2) is 60.7 Å². The van der Waals surface area contributed by atoms with Gasteiger partial charge in [0.2, 0.25) is 0 Å². The molecule has 0 aliphatic heterocycles. The van der Waals surface area contributed by atoms with E-state index in [0.717, 1.165) is 0 Å². The van der Waals surface area contributed by atoms with Gasteiger partial charge in [-0.25, -0.2) is 0 Å². The van der Waals surface area contributed by atoms with Gasteiger partial charge in [0.1, 0.15) is 0 Å². The van der Waals surface area contributed by atoms with Gasteiger partial charge in [-0.05, 0) is 16.9 Å². The van der Waals surface area contributed by atoms with Crippen LogP contribution >= 0.6 is 0 Å². The molecule has 0 fully saturated rings. The van der Waals surface area contributed by atoms with E-state index in [0.29, 0.717) is 10.4 Å². The second-order valence-electron chi connectivity index (χ2n) is 4.75. The molecule has 2 aromatic rings. The van der Waals surface area contributed by atoms with Crippen molar-refractivity contribution in [3.63, 3.8) is 0 Å². The van der Waals surface area contributed by atoms with E-state index in [9.17, 15) is 21.6 Å². The lowest BCUT2D eigenvalue weighted by molar-refractivity contribution is -0.0502. The summed E-state index contributed by atoms with van der Waals surface area (Å²) in [7, 11) is -9.24. The number of halogens is 3. The summed E-state index contributed by atoms with van der Waals surface area (Å²) in [6.07, 6.45) is 0. The molecule has 0 atom stereocenters. The molecule has 0 N–H and O–H groups in total. The maximum Gasteiger partial charge on any atom is 0.522 e. The SMILES string of the molecule is C[Si](OS(=O)(=O)C(F)(F)F)(c1ccccc1)c1ccccc1. The Kier molecular flexibility index (Phi) is 4.46. The first-order valence-corrected chi connectivity index (χ1v) is 10.1. The maximum absolute atomic E-state index is 12.7. The number of hydrogen-bond donors (Lipinski definition) is 0. The van der Waals surface area contributed by atoms with Crippen LogP contribution in [-0.2, 0) is 14.0 Å². The zero-order valence-electron chi connectivity index (χ0n) is 11.5. The van der Waals surface area contributed by atoms with Gasteiger partial charge in [-0.1, -0.05) is 60.7 Å². The van der Waals surface area contributed by atoms with Crippen molar-refractivity contribution < 1.29 is 25.5 Å². The Hall–Kier alpha value is -1.64. The van der Waals surface area contributed by atoms with Crippen molar-refractivity contribution in [3.8, 4) is 0 Å². The van der Waals surface area contributed by atoms with Crippen molar-refractivity contribution in [3.05, 3.63) is 60.7 Å². The first kappa shape index (κ1) is 16.7. The molecule has 0 aromatic heterocycles. The summed E-state index contributed by atoms with van der Waals surface area (Å²) in [6.45, 7) is 1.43. The van der Waals surface area contributed by atoms with Crippen molar-refractivity contribution in [2.45, 2.75) is 12.1 Å². The molecule has 0 unspecified atom stereocenters. The van der Waals surface area contributed by atoms with E-state index in [-0.39, 0.29) is 0 Å². The average molecular weight is 346 g/mol. The largest absolute Gasteiger partial charge is 0.522 e. The fourth-order valence-corrected chi connectivity index (χ4v) is 6.94. The fraction of sp³-hybridized carbons (Fsp3) is 0.143. The van der Waals surface area contributed by atoms with E-state index in [4.69, 9.17) is 3.87 Å². The average Bonchev–Trinajstić information content (AvgIpc) is 2.47. The monoisotopic (exact) mass is 346 g/mol. The van der Waals surface area contributed by atoms with Crippen LogP contribution in [0.4, 0.5) is 13.2 Å². The van der Waals surface area contributed by atoms with Crippen molar-refractivity contribution in [2.24, 2.45) is 0 Å². The van der Waals surface area contributed by atoms with Gasteiger partial charge in [0.05, 0.1) is 0 Å². The normalized spacial score (nSPS) is 13.1. The molecule has 118 valence electrons. The van der Waals surface area contributed by atoms with E-state index in [1.165, 1.54) is 6.55 Å². The summed E-state index contributed by atoms with van der Waals surface area (Å²) in [6, 6.07) is 16.2. The summed E-state index contributed by atoms with van der Waals surface area (Å²) < 4.78 is 65.9. The lowest BCUT2D eigenvalue weighted by Gasteiger charge is -2.27. The van der Waals surface area contributed by atoms with Crippen LogP contribution in [0.2, 0.25) is 6.55 Å². The van der Waals surface area contributed by atoms with Crippen molar-refractivity contribution >= 4 is 28.8 Å². The molecule has 0 bridgehead atoms. The predicted octanol–water partition coefficient (Wildman–Crippen LogP) is 2.24. The highest BCUT2D eigenvalue weighted by Gasteiger charge is 2.52. The van der Waals surface area contributed by atoms with Crippen molar-refractivity contribution in [1.29, 1.82) is 0 Å². The Morgan fingerprint density at radius 3 is 1.55 bits per heavy atom. The maximum atomic E-state index is 12.7. The molecule has 0 heterocycles. The molecule has 0 radical (unpaired) electrons. The topological polar surface area (TPSA) is 43.4 Å². The van der Waals surface area contributed by atoms with Gasteiger partial charge >= 0.3 is 15.6 Å². The summed E-state index contributed by atoms with van der Waals surface area (Å²) in [5.74, 6) is 0. The Morgan fingerprint density at radius 1 is 0.864 bits per heavy atom. The van der Waals surface area contributed by atoms with E-state index < -0.39 is 23.9 Å². The van der Waals surface area contributed by atoms with Crippen molar-refractivity contribution in [1.82, 2.24) is 0 Å². The van der Waals surface area contributed by atoms with E-state index >= 15 is 0 Å². The van der Waals surface area contributed by atoms with Crippen LogP contribution in [0.25, 0.3) is 0 Å². The van der Waals surface area contributed by atoms with Crippen LogP contribution in [0.3, 0.4) is 0 Å². The van der Waals surface area contributed by atoms with Crippen LogP contribution in [0.1, 0.15) is 0 Å². The predicted molar refractivity (Wildman–Crippen MR) is 79.8 cm³/mol. The zero-order valence-corrected chi connectivity index (χ0v) is 13.4. The number of alkyl halides is 3. The molecule has 0 saturated carbocycles. The summed E-state index contributed by atoms with van der Waals surface area (Å²) in [4.78, 5) is 0. The first-order valence-electron chi connectivity index (χ1n) is 6.30. The summed E-state index contributed by atoms with van der Waals surface area (Å²) in [5, 5.41) is 0.878. The number of rotatable bonds is 4. The van der Waals surface area contributed by atoms with Gasteiger partial charge < -0.3 is 0 Å². The van der Waals surface area contributed by atoms with Crippen LogP contribution in [0, 0.1) is 0 Å². The summed E-state index contributed by atoms with van der Waals surface area (Å²) in [5.41, 5.74) is -5.45. The molecule has 0 aliphatic rings. The first-order chi connectivity index (χ1) is 10.2. The molecule has 0 spiro atoms. The van der Waals surface area contributed by atoms with Crippen LogP contribution < -0.4 is 10.4 Å². The molecule has 22 heavy (non-hydrogen) atoms. The third kappa shape index (κ3) is 3.23. The highest BCUT2D eigenvalue weighted by atomic mass is 32.2. The highest BCUT2D eigenvalue weighted by Crippen LogP contribution is 2.27. The van der Waals surface area contributed by atoms with E-state index in [1.54, 1.807) is 60.7 Å². The Labute approximate surface area is 127 Å². The highest BCUT2D eigenvalue weighted by molar-refractivity contribution is 7.88. The quantitative estimate of drug-likeness (QED) is 0.630. The minimum atomic E-state index is -5.69. The molecule has 8 heteroatoms. The molecular weight excluding hydrogens is 333 g/mol. The molecule has 2 rings (SSSR count). The lowest BCUT2D eigenvalue weighted by atomic mass is 10.4. The molecular formula is C14H13F3O3SSi. The van der Waals surface area contributed by atoms with Gasteiger partial charge in [0.15, 0.2) is 0 Å². The Bertz CT molecular complexity index is 691. The van der Waals surface area contributed by atoms with Gasteiger partial charge in [-0.3, -0.25) is 3.87 Å². The van der Waals surface area contributed by atoms with Crippen molar-refractivity contribution in [2.75, 3.05) is 0 Å². The second kappa shape index (κ2) is 5.86. The molecule has 0 aliphatic carbocycles. The summed E-state index contributed by atoms with van der Waals surface area (Å²) >= 11 is 0. The third-order valence-corrected chi connectivity index (χ3v) is 8.86. The van der Waals surface area contributed by atoms with Gasteiger partial charge in [0.25, 0.3) is 8.32 Å². The van der Waals surface area contributed by atoms with Crippen LogP contribution in [-0.4, -0.2) is 22.2 Å². The van der Waals surface area contributed by atoms with E-state index in [2.05, 4.69) is 0 Å². The minimum absolute atomic E-state index is 0.439. The smallest absolute Gasteiger partial charge is 0.297 e. The van der Waals surface area contributed by atoms with Gasteiger partial charge in [-0.15, -0.1) is 0 Å². The molecule has 2 aromatic carbocycles. The third-order valence-electron chi connectivity index (χ3n) is 3.21. The lowest BCUT2D eigenvalue weighted by Crippen LogP contribution is -2.60. The zero-order chi connectivity index (χ0) is 16.4. The minimum Gasteiger partial charge on any atom is -0.297 e. The van der Waals surface area contributed by atoms with Crippen LogP contribution in [0.5, 0.6) is 0 Å². The molecule has 0 saturated heterocycles. The number of benzene rings is 2. The van der Waals surface area contributed by atoms with Gasteiger partial charge in [0, 0.05) is 0 Å². The number of hydrogen-bond acceptors (Lipinski definition) is 3. The fourth-order valence-electron chi connectivity index (χ4n) is 2.04. The Balaban J connectivity index is 2.58. The molecule has 0 amide bonds. The van der Waals surface area contributed by atoms with Gasteiger partial charge in [-0.2, -0.15) is 21.6 Å². The standard InChI is InChI=1S/C14H13F3O3SSi/c1-22(12-8-4-2-5-9-12,13-10-6-3-7-11-13)20-21(18,19)14(15,16)17/h2-11H,1H3. The second-order valence-corrected chi connectivity index (χ2v) is 10.0. The Morgan fingerprint density at radius 2 is 1.23 bits per heavy atom.